The summed E-state index contributed by atoms with van der Waals surface area (Å²) in [6, 6.07) is 62.7. The van der Waals surface area contributed by atoms with Crippen LogP contribution in [0.5, 0.6) is 0 Å². The summed E-state index contributed by atoms with van der Waals surface area (Å²) in [7, 11) is 0. The summed E-state index contributed by atoms with van der Waals surface area (Å²) >= 11 is 0. The van der Waals surface area contributed by atoms with Gasteiger partial charge in [0.05, 0.1) is 11.0 Å². The predicted octanol–water partition coefficient (Wildman–Crippen LogP) is 13.4. The van der Waals surface area contributed by atoms with Gasteiger partial charge >= 0.3 is 0 Å². The average molecular weight is 731 g/mol. The molecule has 266 valence electrons. The lowest BCUT2D eigenvalue weighted by Gasteiger charge is -2.12. The Morgan fingerprint density at radius 2 is 0.825 bits per heavy atom. The number of aromatic nitrogens is 4. The van der Waals surface area contributed by atoms with Crippen LogP contribution >= 0.6 is 0 Å². The van der Waals surface area contributed by atoms with Gasteiger partial charge in [0.25, 0.3) is 0 Å². The van der Waals surface area contributed by atoms with E-state index in [4.69, 9.17) is 23.8 Å². The van der Waals surface area contributed by atoms with Gasteiger partial charge in [-0.2, -0.15) is 0 Å². The van der Waals surface area contributed by atoms with Gasteiger partial charge in [0, 0.05) is 60.8 Å². The van der Waals surface area contributed by atoms with Crippen LogP contribution in [0.25, 0.3) is 117 Å². The lowest BCUT2D eigenvalue weighted by molar-refractivity contribution is 0.633. The van der Waals surface area contributed by atoms with E-state index in [9.17, 15) is 0 Å². The van der Waals surface area contributed by atoms with E-state index < -0.39 is 0 Å². The van der Waals surface area contributed by atoms with Crippen molar-refractivity contribution in [2.45, 2.75) is 0 Å². The third kappa shape index (κ3) is 4.94. The number of benzene rings is 8. The summed E-state index contributed by atoms with van der Waals surface area (Å²) in [4.78, 5) is 15.2. The molecule has 0 aliphatic carbocycles. The number of nitrogens with zero attached hydrogens (tertiary/aromatic N) is 4. The predicted molar refractivity (Wildman–Crippen MR) is 230 cm³/mol. The fraction of sp³-hybridized carbons (Fsp3) is 0. The third-order valence-electron chi connectivity index (χ3n) is 11.1. The molecule has 12 aromatic rings. The molecule has 0 saturated heterocycles. The minimum Gasteiger partial charge on any atom is -0.452 e. The van der Waals surface area contributed by atoms with E-state index in [2.05, 4.69) is 120 Å². The van der Waals surface area contributed by atoms with Crippen LogP contribution in [0.3, 0.4) is 0 Å². The Morgan fingerprint density at radius 1 is 0.333 bits per heavy atom. The first-order chi connectivity index (χ1) is 28.2. The zero-order valence-corrected chi connectivity index (χ0v) is 30.4. The van der Waals surface area contributed by atoms with E-state index in [-0.39, 0.29) is 0 Å². The van der Waals surface area contributed by atoms with Crippen molar-refractivity contribution in [3.63, 3.8) is 0 Å². The molecule has 0 N–H and O–H groups in total. The van der Waals surface area contributed by atoms with Crippen LogP contribution in [0.15, 0.2) is 191 Å². The summed E-state index contributed by atoms with van der Waals surface area (Å²) in [6.45, 7) is 0. The molecule has 0 radical (unpaired) electrons. The SMILES string of the molecule is c1ccc(-c2nc(-c3ccc4c(c3)oc3c4ccc4c5ccc(-n6c7ccccc7c7ccccc76)cc5oc43)nc(-c3ccccc3-c3ccccc3)n2)cc1. The summed E-state index contributed by atoms with van der Waals surface area (Å²) in [5.74, 6) is 1.77. The van der Waals surface area contributed by atoms with Crippen molar-refractivity contribution in [2.24, 2.45) is 0 Å². The van der Waals surface area contributed by atoms with E-state index in [1.165, 1.54) is 10.8 Å². The van der Waals surface area contributed by atoms with E-state index in [1.807, 2.05) is 66.7 Å². The third-order valence-corrected chi connectivity index (χ3v) is 11.1. The first-order valence-electron chi connectivity index (χ1n) is 19.0. The molecule has 6 heteroatoms. The molecular formula is C51H30N4O2. The normalized spacial score (nSPS) is 11.9. The Labute approximate surface area is 325 Å². The number of hydrogen-bond acceptors (Lipinski definition) is 5. The van der Waals surface area contributed by atoms with Crippen molar-refractivity contribution < 1.29 is 8.83 Å². The quantitative estimate of drug-likeness (QED) is 0.176. The van der Waals surface area contributed by atoms with Crippen molar-refractivity contribution in [1.29, 1.82) is 0 Å². The summed E-state index contributed by atoms with van der Waals surface area (Å²) in [5.41, 5.74) is 11.2. The topological polar surface area (TPSA) is 69.9 Å². The maximum atomic E-state index is 6.71. The standard InChI is InChI=1S/C51H30N4O2/c1-3-13-31(14-4-1)35-17-7-8-20-42(35)51-53-49(32-15-5-2-6-16-32)52-50(54-51)33-23-25-38-40-27-28-41-39-26-24-34(30-46(39)57-48(41)47(40)56-45(38)29-33)55-43-21-11-9-18-36(43)37-19-10-12-22-44(37)55/h1-30H. The summed E-state index contributed by atoms with van der Waals surface area (Å²) in [6.07, 6.45) is 0. The number of fused-ring (bicyclic) bond motifs is 10. The lowest BCUT2D eigenvalue weighted by atomic mass is 9.99. The fourth-order valence-electron chi connectivity index (χ4n) is 8.42. The first kappa shape index (κ1) is 31.5. The van der Waals surface area contributed by atoms with Gasteiger partial charge in [0.2, 0.25) is 0 Å². The number of furan rings is 2. The molecule has 0 saturated carbocycles. The largest absolute Gasteiger partial charge is 0.452 e. The summed E-state index contributed by atoms with van der Waals surface area (Å²) < 4.78 is 15.7. The second kappa shape index (κ2) is 12.3. The molecule has 0 aliphatic heterocycles. The van der Waals surface area contributed by atoms with Gasteiger partial charge in [-0.25, -0.2) is 15.0 Å². The van der Waals surface area contributed by atoms with Gasteiger partial charge in [-0.1, -0.05) is 127 Å². The molecular weight excluding hydrogens is 701 g/mol. The van der Waals surface area contributed by atoms with Gasteiger partial charge in [-0.15, -0.1) is 0 Å². The second-order valence-electron chi connectivity index (χ2n) is 14.4. The minimum atomic E-state index is 0.565. The van der Waals surface area contributed by atoms with E-state index in [1.54, 1.807) is 0 Å². The van der Waals surface area contributed by atoms with Gasteiger partial charge in [0.1, 0.15) is 11.2 Å². The minimum absolute atomic E-state index is 0.565. The van der Waals surface area contributed by atoms with Crippen LogP contribution in [-0.2, 0) is 0 Å². The van der Waals surface area contributed by atoms with Gasteiger partial charge < -0.3 is 13.4 Å². The van der Waals surface area contributed by atoms with E-state index in [0.717, 1.165) is 82.8 Å². The van der Waals surface area contributed by atoms with E-state index in [0.29, 0.717) is 23.1 Å². The van der Waals surface area contributed by atoms with Crippen molar-refractivity contribution in [3.05, 3.63) is 182 Å². The zero-order chi connectivity index (χ0) is 37.5. The zero-order valence-electron chi connectivity index (χ0n) is 30.4. The second-order valence-corrected chi connectivity index (χ2v) is 14.4. The summed E-state index contributed by atoms with van der Waals surface area (Å²) in [5, 5.41) is 6.49. The highest BCUT2D eigenvalue weighted by atomic mass is 16.4. The number of rotatable bonds is 5. The van der Waals surface area contributed by atoms with Crippen LogP contribution in [0, 0.1) is 0 Å². The molecule has 8 aromatic carbocycles. The molecule has 0 atom stereocenters. The molecule has 12 rings (SSSR count). The van der Waals surface area contributed by atoms with Gasteiger partial charge in [-0.3, -0.25) is 0 Å². The molecule has 57 heavy (non-hydrogen) atoms. The van der Waals surface area contributed by atoms with Crippen LogP contribution in [0.2, 0.25) is 0 Å². The Hall–Kier alpha value is -7.83. The smallest absolute Gasteiger partial charge is 0.178 e. The van der Waals surface area contributed by atoms with E-state index >= 15 is 0 Å². The lowest BCUT2D eigenvalue weighted by Crippen LogP contribution is -2.01. The Balaban J connectivity index is 1.01. The van der Waals surface area contributed by atoms with Crippen LogP contribution in [0.1, 0.15) is 0 Å². The van der Waals surface area contributed by atoms with Crippen molar-refractivity contribution in [1.82, 2.24) is 19.5 Å². The molecule has 0 amide bonds. The number of hydrogen-bond donors (Lipinski definition) is 0. The van der Waals surface area contributed by atoms with Crippen LogP contribution < -0.4 is 0 Å². The average Bonchev–Trinajstić information content (AvgIpc) is 3.96. The van der Waals surface area contributed by atoms with Gasteiger partial charge in [-0.05, 0) is 59.7 Å². The molecule has 4 aromatic heterocycles. The van der Waals surface area contributed by atoms with Crippen LogP contribution in [-0.4, -0.2) is 19.5 Å². The van der Waals surface area contributed by atoms with Crippen molar-refractivity contribution in [2.75, 3.05) is 0 Å². The molecule has 0 unspecified atom stereocenters. The molecule has 0 aliphatic rings. The molecule has 0 spiro atoms. The molecule has 0 fully saturated rings. The van der Waals surface area contributed by atoms with Gasteiger partial charge in [0.15, 0.2) is 28.6 Å². The van der Waals surface area contributed by atoms with Crippen molar-refractivity contribution in [3.8, 4) is 51.0 Å². The Kier molecular flexibility index (Phi) is 6.83. The highest BCUT2D eigenvalue weighted by Crippen LogP contribution is 2.41. The fourth-order valence-corrected chi connectivity index (χ4v) is 8.42. The van der Waals surface area contributed by atoms with Crippen molar-refractivity contribution >= 4 is 65.7 Å². The monoisotopic (exact) mass is 730 g/mol. The maximum Gasteiger partial charge on any atom is 0.178 e. The first-order valence-corrected chi connectivity index (χ1v) is 19.0. The molecule has 0 bridgehead atoms. The molecule has 6 nitrogen and oxygen atoms in total. The maximum absolute atomic E-state index is 6.71. The molecule has 4 heterocycles. The highest BCUT2D eigenvalue weighted by molar-refractivity contribution is 6.19. The Bertz CT molecular complexity index is 3470. The Morgan fingerprint density at radius 3 is 1.49 bits per heavy atom. The highest BCUT2D eigenvalue weighted by Gasteiger charge is 2.20. The van der Waals surface area contributed by atoms with Crippen LogP contribution in [0.4, 0.5) is 0 Å². The number of para-hydroxylation sites is 2.